The lowest BCUT2D eigenvalue weighted by Crippen LogP contribution is -2.29. The average molecular weight is 777 g/mol. The van der Waals surface area contributed by atoms with Crippen molar-refractivity contribution in [3.05, 3.63) is 64.2 Å². The van der Waals surface area contributed by atoms with Crippen molar-refractivity contribution < 1.29 is 14.6 Å². The fourth-order valence-electron chi connectivity index (χ4n) is 9.20. The molecule has 0 saturated carbocycles. The minimum absolute atomic E-state index is 0.0117. The second-order valence-corrected chi connectivity index (χ2v) is 18.7. The van der Waals surface area contributed by atoms with E-state index in [9.17, 15) is 5.11 Å². The molecule has 1 aliphatic rings. The quantitative estimate of drug-likeness (QED) is 0.193. The van der Waals surface area contributed by atoms with Crippen molar-refractivity contribution in [2.24, 2.45) is 5.41 Å². The first-order chi connectivity index (χ1) is 26.6. The largest absolute Gasteiger partial charge is 0.488 e. The standard InChI is InChI=1S/C51H84O3S/c1-8-34-51(10-3)36-29-27-25-23-21-19-17-15-13-11-12-14-16-18-20-22-24-26-28-35-50(9-2,41-55)39-44-37-45(49(4,5)6)38-46(51)47(44)54-40-42-30-32-43(33-31-42)48(52)53-7/h30-33,37-38,41,48,52H,8-29,34-36,39-40H2,1-7H3. The average Bonchev–Trinajstić information content (AvgIpc) is 3.19. The van der Waals surface area contributed by atoms with Crippen LogP contribution in [0.3, 0.4) is 0 Å². The van der Waals surface area contributed by atoms with E-state index in [2.05, 4.69) is 71.2 Å². The Morgan fingerprint density at radius 3 is 1.62 bits per heavy atom. The van der Waals surface area contributed by atoms with Gasteiger partial charge < -0.3 is 14.6 Å². The molecule has 0 saturated heterocycles. The molecule has 0 heterocycles. The summed E-state index contributed by atoms with van der Waals surface area (Å²) in [4.78, 5) is 0. The summed E-state index contributed by atoms with van der Waals surface area (Å²) in [5.41, 5.74) is 6.06. The molecule has 1 aliphatic carbocycles. The van der Waals surface area contributed by atoms with E-state index in [0.717, 1.165) is 49.0 Å². The van der Waals surface area contributed by atoms with Gasteiger partial charge in [0.05, 0.1) is 0 Å². The zero-order valence-electron chi connectivity index (χ0n) is 36.9. The van der Waals surface area contributed by atoms with Gasteiger partial charge in [-0.15, -0.1) is 0 Å². The minimum atomic E-state index is -0.918. The van der Waals surface area contributed by atoms with E-state index >= 15 is 0 Å². The van der Waals surface area contributed by atoms with Gasteiger partial charge in [0.2, 0.25) is 0 Å². The first-order valence-corrected chi connectivity index (χ1v) is 23.6. The number of benzene rings is 2. The maximum Gasteiger partial charge on any atom is 0.180 e. The minimum Gasteiger partial charge on any atom is -0.488 e. The Morgan fingerprint density at radius 1 is 0.709 bits per heavy atom. The molecule has 2 bridgehead atoms. The summed E-state index contributed by atoms with van der Waals surface area (Å²) in [6, 6.07) is 13.1. The van der Waals surface area contributed by atoms with Crippen LogP contribution in [-0.4, -0.2) is 17.6 Å². The molecule has 0 fully saturated rings. The summed E-state index contributed by atoms with van der Waals surface area (Å²) >= 11 is 5.98. The Kier molecular flexibility index (Phi) is 22.1. The van der Waals surface area contributed by atoms with Crippen LogP contribution in [0, 0.1) is 5.41 Å². The summed E-state index contributed by atoms with van der Waals surface area (Å²) in [5.74, 6) is 1.11. The number of methoxy groups -OCH3 is 1. The number of thiocarbonyl (C=S) groups is 1. The lowest BCUT2D eigenvalue weighted by Gasteiger charge is -2.38. The third-order valence-corrected chi connectivity index (χ3v) is 13.7. The fourth-order valence-corrected chi connectivity index (χ4v) is 9.57. The molecule has 3 unspecified atom stereocenters. The number of rotatable bonds is 10. The third kappa shape index (κ3) is 15.8. The van der Waals surface area contributed by atoms with E-state index < -0.39 is 6.29 Å². The molecule has 3 atom stereocenters. The van der Waals surface area contributed by atoms with E-state index in [1.165, 1.54) is 159 Å². The van der Waals surface area contributed by atoms with Crippen LogP contribution in [0.1, 0.15) is 236 Å². The SMILES string of the molecule is CCCC1(CC)CCCCCCCCCCCCCCCCCCCCCC(C=S)(CC)Cc2cc(C(C)(C)C)cc1c2OCc1ccc(C(O)OC)cc1. The molecule has 0 amide bonds. The van der Waals surface area contributed by atoms with Crippen LogP contribution in [0.25, 0.3) is 0 Å². The van der Waals surface area contributed by atoms with Crippen molar-refractivity contribution >= 4 is 17.6 Å². The summed E-state index contributed by atoms with van der Waals surface area (Å²) in [5, 5.41) is 12.4. The summed E-state index contributed by atoms with van der Waals surface area (Å²) in [6.45, 7) is 14.7. The van der Waals surface area contributed by atoms with Crippen LogP contribution in [0.2, 0.25) is 0 Å². The second-order valence-electron chi connectivity index (χ2n) is 18.5. The first kappa shape index (κ1) is 47.6. The van der Waals surface area contributed by atoms with Gasteiger partial charge in [-0.05, 0) is 71.4 Å². The molecule has 1 N–H and O–H groups in total. The Labute approximate surface area is 345 Å². The van der Waals surface area contributed by atoms with Crippen LogP contribution >= 0.6 is 12.2 Å². The highest BCUT2D eigenvalue weighted by atomic mass is 32.1. The van der Waals surface area contributed by atoms with E-state index in [1.807, 2.05) is 12.1 Å². The van der Waals surface area contributed by atoms with Gasteiger partial charge in [-0.1, -0.05) is 219 Å². The third-order valence-electron chi connectivity index (χ3n) is 13.2. The summed E-state index contributed by atoms with van der Waals surface area (Å²) in [7, 11) is 1.53. The van der Waals surface area contributed by atoms with Crippen molar-refractivity contribution in [1.29, 1.82) is 0 Å². The molecule has 312 valence electrons. The molecule has 3 rings (SSSR count). The van der Waals surface area contributed by atoms with Crippen molar-refractivity contribution in [3.8, 4) is 5.75 Å². The predicted molar refractivity (Wildman–Crippen MR) is 242 cm³/mol. The molecule has 4 heteroatoms. The van der Waals surface area contributed by atoms with Crippen molar-refractivity contribution in [3.63, 3.8) is 0 Å². The summed E-state index contributed by atoms with van der Waals surface area (Å²) < 4.78 is 12.3. The van der Waals surface area contributed by atoms with E-state index in [4.69, 9.17) is 21.7 Å². The Hall–Kier alpha value is -1.75. The van der Waals surface area contributed by atoms with Gasteiger partial charge in [0.1, 0.15) is 12.4 Å². The van der Waals surface area contributed by atoms with Crippen molar-refractivity contribution in [2.75, 3.05) is 7.11 Å². The monoisotopic (exact) mass is 777 g/mol. The molecular formula is C51H84O3S. The maximum absolute atomic E-state index is 10.2. The summed E-state index contributed by atoms with van der Waals surface area (Å²) in [6.07, 6.45) is 33.0. The molecule has 2 aromatic carbocycles. The van der Waals surface area contributed by atoms with Gasteiger partial charge >= 0.3 is 0 Å². The van der Waals surface area contributed by atoms with E-state index in [-0.39, 0.29) is 16.2 Å². The van der Waals surface area contributed by atoms with Gasteiger partial charge in [0.25, 0.3) is 0 Å². The molecule has 3 nitrogen and oxygen atoms in total. The molecule has 0 radical (unpaired) electrons. The molecule has 0 aliphatic heterocycles. The smallest absolute Gasteiger partial charge is 0.180 e. The Balaban J connectivity index is 2.06. The highest BCUT2D eigenvalue weighted by Gasteiger charge is 2.36. The molecule has 0 aromatic heterocycles. The van der Waals surface area contributed by atoms with Crippen LogP contribution in [0.15, 0.2) is 36.4 Å². The number of hydrogen-bond acceptors (Lipinski definition) is 4. The highest BCUT2D eigenvalue weighted by molar-refractivity contribution is 7.79. The van der Waals surface area contributed by atoms with Crippen LogP contribution in [-0.2, 0) is 28.6 Å². The van der Waals surface area contributed by atoms with Gasteiger partial charge in [0, 0.05) is 23.7 Å². The zero-order chi connectivity index (χ0) is 40.0. The van der Waals surface area contributed by atoms with Gasteiger partial charge in [-0.2, -0.15) is 0 Å². The number of hydrogen-bond donors (Lipinski definition) is 1. The lowest BCUT2D eigenvalue weighted by molar-refractivity contribution is -0.0769. The van der Waals surface area contributed by atoms with Crippen LogP contribution in [0.4, 0.5) is 0 Å². The van der Waals surface area contributed by atoms with Gasteiger partial charge in [-0.25, -0.2) is 0 Å². The number of fused-ring (bicyclic) bond motifs is 2. The topological polar surface area (TPSA) is 38.7 Å². The van der Waals surface area contributed by atoms with E-state index in [0.29, 0.717) is 6.61 Å². The molecule has 2 aromatic rings. The van der Waals surface area contributed by atoms with Crippen molar-refractivity contribution in [1.82, 2.24) is 0 Å². The second kappa shape index (κ2) is 25.6. The Morgan fingerprint density at radius 2 is 1.20 bits per heavy atom. The van der Waals surface area contributed by atoms with E-state index in [1.54, 1.807) is 0 Å². The van der Waals surface area contributed by atoms with Gasteiger partial charge in [-0.3, -0.25) is 0 Å². The first-order valence-electron chi connectivity index (χ1n) is 23.1. The van der Waals surface area contributed by atoms with Crippen LogP contribution < -0.4 is 4.74 Å². The zero-order valence-corrected chi connectivity index (χ0v) is 37.7. The number of ether oxygens (including phenoxy) is 2. The Bertz CT molecular complexity index is 1330. The van der Waals surface area contributed by atoms with Crippen molar-refractivity contribution in [2.45, 2.75) is 232 Å². The highest BCUT2D eigenvalue weighted by Crippen LogP contribution is 2.48. The normalized spacial score (nSPS) is 23.3. The molecular weight excluding hydrogens is 693 g/mol. The molecule has 55 heavy (non-hydrogen) atoms. The number of aliphatic hydroxyl groups is 1. The maximum atomic E-state index is 10.2. The fraction of sp³-hybridized carbons (Fsp3) is 0.745. The number of aliphatic hydroxyl groups excluding tert-OH is 1. The molecule has 0 spiro atoms. The van der Waals surface area contributed by atoms with Gasteiger partial charge in [0.15, 0.2) is 6.29 Å². The predicted octanol–water partition coefficient (Wildman–Crippen LogP) is 15.8. The lowest BCUT2D eigenvalue weighted by atomic mass is 9.67. The van der Waals surface area contributed by atoms with Crippen LogP contribution in [0.5, 0.6) is 5.75 Å².